The zero-order valence-electron chi connectivity index (χ0n) is 14.7. The number of aryl methyl sites for hydroxylation is 2. The van der Waals surface area contributed by atoms with Crippen LogP contribution in [0.5, 0.6) is 0 Å². The van der Waals surface area contributed by atoms with Gasteiger partial charge in [-0.15, -0.1) is 0 Å². The topological polar surface area (TPSA) is 62.2 Å². The van der Waals surface area contributed by atoms with Gasteiger partial charge in [-0.3, -0.25) is 9.78 Å². The maximum absolute atomic E-state index is 10.8. The Hall–Kier alpha value is -2.36. The molecule has 3 rings (SSSR count). The van der Waals surface area contributed by atoms with Gasteiger partial charge in [0.15, 0.2) is 0 Å². The standard InChI is InChI=1S/C21H26N2O2/c1-15-5-4-12-22-21(15)17-7-3-9-19(14-17)23-18-8-2-6-16(13-18)10-11-20(24)25/h2,4-6,8,12-13,17,19,23H,3,7,9-11,14H2,1H3,(H,24,25). The molecule has 0 spiro atoms. The molecule has 1 aliphatic carbocycles. The number of nitrogens with zero attached hydrogens (tertiary/aromatic N) is 1. The predicted octanol–water partition coefficient (Wildman–Crippen LogP) is 4.55. The zero-order valence-corrected chi connectivity index (χ0v) is 14.7. The van der Waals surface area contributed by atoms with Crippen LogP contribution < -0.4 is 5.32 Å². The molecule has 2 unspecified atom stereocenters. The number of carboxylic acids is 1. The highest BCUT2D eigenvalue weighted by atomic mass is 16.4. The first-order valence-electron chi connectivity index (χ1n) is 9.10. The lowest BCUT2D eigenvalue weighted by molar-refractivity contribution is -0.136. The van der Waals surface area contributed by atoms with E-state index in [4.69, 9.17) is 5.11 Å². The van der Waals surface area contributed by atoms with E-state index in [1.807, 2.05) is 24.4 Å². The zero-order chi connectivity index (χ0) is 17.6. The third-order valence-corrected chi connectivity index (χ3v) is 5.04. The molecule has 0 aliphatic heterocycles. The summed E-state index contributed by atoms with van der Waals surface area (Å²) in [5.41, 5.74) is 4.68. The van der Waals surface area contributed by atoms with Crippen molar-refractivity contribution in [1.82, 2.24) is 4.98 Å². The van der Waals surface area contributed by atoms with Crippen molar-refractivity contribution in [3.63, 3.8) is 0 Å². The van der Waals surface area contributed by atoms with Gasteiger partial charge < -0.3 is 10.4 Å². The fraction of sp³-hybridized carbons (Fsp3) is 0.429. The van der Waals surface area contributed by atoms with E-state index in [9.17, 15) is 4.79 Å². The fourth-order valence-corrected chi connectivity index (χ4v) is 3.80. The molecular formula is C21H26N2O2. The fourth-order valence-electron chi connectivity index (χ4n) is 3.80. The van der Waals surface area contributed by atoms with Crippen molar-refractivity contribution in [3.05, 3.63) is 59.4 Å². The molecule has 2 atom stereocenters. The van der Waals surface area contributed by atoms with Gasteiger partial charge in [0.1, 0.15) is 0 Å². The first-order valence-corrected chi connectivity index (χ1v) is 9.10. The van der Waals surface area contributed by atoms with Gasteiger partial charge in [0.2, 0.25) is 0 Å². The minimum absolute atomic E-state index is 0.175. The number of aromatic nitrogens is 1. The molecule has 1 fully saturated rings. The van der Waals surface area contributed by atoms with Gasteiger partial charge in [-0.2, -0.15) is 0 Å². The van der Waals surface area contributed by atoms with E-state index in [-0.39, 0.29) is 6.42 Å². The van der Waals surface area contributed by atoms with Crippen LogP contribution >= 0.6 is 0 Å². The van der Waals surface area contributed by atoms with Crippen LogP contribution in [0.25, 0.3) is 0 Å². The highest BCUT2D eigenvalue weighted by molar-refractivity contribution is 5.67. The Balaban J connectivity index is 1.64. The largest absolute Gasteiger partial charge is 0.481 e. The number of hydrogen-bond acceptors (Lipinski definition) is 3. The second-order valence-corrected chi connectivity index (χ2v) is 7.00. The number of anilines is 1. The monoisotopic (exact) mass is 338 g/mol. The van der Waals surface area contributed by atoms with Crippen LogP contribution in [-0.4, -0.2) is 22.1 Å². The van der Waals surface area contributed by atoms with Gasteiger partial charge in [0.25, 0.3) is 0 Å². The molecule has 0 bridgehead atoms. The van der Waals surface area contributed by atoms with Gasteiger partial charge >= 0.3 is 5.97 Å². The van der Waals surface area contributed by atoms with Gasteiger partial charge in [-0.1, -0.05) is 24.6 Å². The Labute approximate surface area is 149 Å². The van der Waals surface area contributed by atoms with Gasteiger partial charge in [0.05, 0.1) is 0 Å². The van der Waals surface area contributed by atoms with Crippen LogP contribution in [0.1, 0.15) is 54.8 Å². The molecule has 1 saturated carbocycles. The number of aliphatic carboxylic acids is 1. The van der Waals surface area contributed by atoms with E-state index in [0.717, 1.165) is 17.7 Å². The summed E-state index contributed by atoms with van der Waals surface area (Å²) in [7, 11) is 0. The summed E-state index contributed by atoms with van der Waals surface area (Å²) >= 11 is 0. The molecule has 1 aromatic heterocycles. The van der Waals surface area contributed by atoms with Crippen molar-refractivity contribution in [2.75, 3.05) is 5.32 Å². The number of hydrogen-bond donors (Lipinski definition) is 2. The molecule has 2 aromatic rings. The molecule has 2 N–H and O–H groups in total. The second-order valence-electron chi connectivity index (χ2n) is 7.00. The Bertz CT molecular complexity index is 729. The third kappa shape index (κ3) is 4.81. The molecule has 1 aliphatic rings. The lowest BCUT2D eigenvalue weighted by Gasteiger charge is -2.31. The number of nitrogens with one attached hydrogen (secondary N) is 1. The van der Waals surface area contributed by atoms with Crippen molar-refractivity contribution in [1.29, 1.82) is 0 Å². The van der Waals surface area contributed by atoms with Crippen molar-refractivity contribution in [3.8, 4) is 0 Å². The lowest BCUT2D eigenvalue weighted by Crippen LogP contribution is -2.27. The van der Waals surface area contributed by atoms with Crippen LogP contribution in [0, 0.1) is 6.92 Å². The summed E-state index contributed by atoms with van der Waals surface area (Å²) < 4.78 is 0. The van der Waals surface area contributed by atoms with E-state index >= 15 is 0 Å². The van der Waals surface area contributed by atoms with Crippen LogP contribution in [0.2, 0.25) is 0 Å². The SMILES string of the molecule is Cc1cccnc1C1CCCC(Nc2cccc(CCC(=O)O)c2)C1. The van der Waals surface area contributed by atoms with Crippen molar-refractivity contribution >= 4 is 11.7 Å². The summed E-state index contributed by atoms with van der Waals surface area (Å²) in [4.78, 5) is 15.4. The molecule has 4 nitrogen and oxygen atoms in total. The van der Waals surface area contributed by atoms with Gasteiger partial charge in [0, 0.05) is 36.0 Å². The number of rotatable bonds is 6. The van der Waals surface area contributed by atoms with Crippen molar-refractivity contribution < 1.29 is 9.90 Å². The minimum atomic E-state index is -0.751. The molecule has 1 heterocycles. The summed E-state index contributed by atoms with van der Waals surface area (Å²) in [5, 5.41) is 12.5. The van der Waals surface area contributed by atoms with Crippen molar-refractivity contribution in [2.45, 2.75) is 57.4 Å². The number of carbonyl (C=O) groups is 1. The minimum Gasteiger partial charge on any atom is -0.481 e. The Morgan fingerprint density at radius 2 is 2.16 bits per heavy atom. The Kier molecular flexibility index (Phi) is 5.69. The normalized spacial score (nSPS) is 20.2. The summed E-state index contributed by atoms with van der Waals surface area (Å²) in [6.07, 6.45) is 7.31. The van der Waals surface area contributed by atoms with Gasteiger partial charge in [-0.05, 0) is 61.9 Å². The van der Waals surface area contributed by atoms with E-state index < -0.39 is 5.97 Å². The maximum Gasteiger partial charge on any atom is 0.303 e. The lowest BCUT2D eigenvalue weighted by atomic mass is 9.82. The van der Waals surface area contributed by atoms with Crippen LogP contribution in [-0.2, 0) is 11.2 Å². The van der Waals surface area contributed by atoms with E-state index in [1.165, 1.54) is 30.5 Å². The van der Waals surface area contributed by atoms with Crippen LogP contribution in [0.15, 0.2) is 42.6 Å². The molecule has 1 aromatic carbocycles. The third-order valence-electron chi connectivity index (χ3n) is 5.04. The highest BCUT2D eigenvalue weighted by Crippen LogP contribution is 2.34. The quantitative estimate of drug-likeness (QED) is 0.811. The number of carboxylic acid groups (broad SMARTS) is 1. The van der Waals surface area contributed by atoms with Crippen molar-refractivity contribution in [2.24, 2.45) is 0 Å². The maximum atomic E-state index is 10.8. The Morgan fingerprint density at radius 1 is 1.28 bits per heavy atom. The smallest absolute Gasteiger partial charge is 0.303 e. The Morgan fingerprint density at radius 3 is 2.96 bits per heavy atom. The number of benzene rings is 1. The number of pyridine rings is 1. The van der Waals surface area contributed by atoms with E-state index in [0.29, 0.717) is 18.4 Å². The highest BCUT2D eigenvalue weighted by Gasteiger charge is 2.25. The molecule has 0 radical (unpaired) electrons. The summed E-state index contributed by atoms with van der Waals surface area (Å²) in [6.45, 7) is 2.14. The molecule has 0 saturated heterocycles. The van der Waals surface area contributed by atoms with Crippen LogP contribution in [0.4, 0.5) is 5.69 Å². The molecule has 4 heteroatoms. The second kappa shape index (κ2) is 8.15. The van der Waals surface area contributed by atoms with E-state index in [1.54, 1.807) is 0 Å². The van der Waals surface area contributed by atoms with Crippen LogP contribution in [0.3, 0.4) is 0 Å². The molecule has 132 valence electrons. The first kappa shape index (κ1) is 17.5. The average Bonchev–Trinajstić information content (AvgIpc) is 2.61. The first-order chi connectivity index (χ1) is 12.1. The van der Waals surface area contributed by atoms with Gasteiger partial charge in [-0.25, -0.2) is 0 Å². The molecule has 0 amide bonds. The molecular weight excluding hydrogens is 312 g/mol. The molecule has 25 heavy (non-hydrogen) atoms. The summed E-state index contributed by atoms with van der Waals surface area (Å²) in [6, 6.07) is 12.7. The van der Waals surface area contributed by atoms with E-state index in [2.05, 4.69) is 35.4 Å². The summed E-state index contributed by atoms with van der Waals surface area (Å²) in [5.74, 6) is -0.234. The average molecular weight is 338 g/mol. The predicted molar refractivity (Wildman–Crippen MR) is 100.0 cm³/mol.